The van der Waals surface area contributed by atoms with Gasteiger partial charge in [-0.15, -0.1) is 0 Å². The average molecular weight is 493 g/mol. The van der Waals surface area contributed by atoms with Gasteiger partial charge in [0.1, 0.15) is 13.2 Å². The summed E-state index contributed by atoms with van der Waals surface area (Å²) in [6, 6.07) is 17.7. The maximum Gasteiger partial charge on any atom is 0.240 e. The van der Waals surface area contributed by atoms with Crippen LogP contribution >= 0.6 is 0 Å². The largest absolute Gasteiger partial charge is 0.493 e. The van der Waals surface area contributed by atoms with Crippen molar-refractivity contribution in [3.63, 3.8) is 0 Å². The van der Waals surface area contributed by atoms with Crippen molar-refractivity contribution in [3.8, 4) is 23.0 Å². The van der Waals surface area contributed by atoms with Crippen LogP contribution in [0.4, 0.5) is 0 Å². The van der Waals surface area contributed by atoms with E-state index in [9.17, 15) is 4.21 Å². The Kier molecular flexibility index (Phi) is 7.00. The summed E-state index contributed by atoms with van der Waals surface area (Å²) in [7, 11) is 1.63. The maximum absolute atomic E-state index is 13.1. The van der Waals surface area contributed by atoms with Crippen molar-refractivity contribution in [2.75, 3.05) is 20.3 Å². The van der Waals surface area contributed by atoms with Gasteiger partial charge in [0, 0.05) is 5.56 Å². The van der Waals surface area contributed by atoms with E-state index in [1.807, 2.05) is 36.4 Å². The molecule has 0 amide bonds. The van der Waals surface area contributed by atoms with Crippen molar-refractivity contribution in [1.29, 1.82) is 0 Å². The van der Waals surface area contributed by atoms with E-state index in [2.05, 4.69) is 32.0 Å². The molecule has 35 heavy (non-hydrogen) atoms. The predicted octanol–water partition coefficient (Wildman–Crippen LogP) is 6.04. The fraction of sp³-hybridized carbons (Fsp3) is 0.379. The zero-order valence-electron chi connectivity index (χ0n) is 20.5. The van der Waals surface area contributed by atoms with Crippen LogP contribution in [0.1, 0.15) is 48.4 Å². The summed E-state index contributed by atoms with van der Waals surface area (Å²) >= 11 is -1.63. The van der Waals surface area contributed by atoms with Crippen molar-refractivity contribution in [3.05, 3.63) is 76.9 Å². The Hall–Kier alpha value is -2.99. The monoisotopic (exact) mass is 492 g/mol. The van der Waals surface area contributed by atoms with E-state index in [-0.39, 0.29) is 5.92 Å². The normalized spacial score (nSPS) is 20.2. The fourth-order valence-electron chi connectivity index (χ4n) is 5.08. The minimum atomic E-state index is -1.63. The van der Waals surface area contributed by atoms with Gasteiger partial charge in [0.2, 0.25) is 11.1 Å². The van der Waals surface area contributed by atoms with Crippen LogP contribution in [0.2, 0.25) is 0 Å². The number of hydrogen-bond donors (Lipinski definition) is 0. The lowest BCUT2D eigenvalue weighted by atomic mass is 9.82. The Bertz CT molecular complexity index is 1220. The van der Waals surface area contributed by atoms with E-state index < -0.39 is 11.1 Å². The van der Waals surface area contributed by atoms with Crippen LogP contribution in [0.3, 0.4) is 0 Å². The summed E-state index contributed by atoms with van der Waals surface area (Å²) in [6.45, 7) is 5.71. The molecule has 1 aliphatic carbocycles. The molecule has 0 spiro atoms. The lowest BCUT2D eigenvalue weighted by molar-refractivity contribution is 0.171. The van der Waals surface area contributed by atoms with Crippen molar-refractivity contribution < 1.29 is 22.6 Å². The smallest absolute Gasteiger partial charge is 0.240 e. The molecule has 6 heteroatoms. The van der Waals surface area contributed by atoms with Crippen molar-refractivity contribution in [2.24, 2.45) is 5.92 Å². The highest BCUT2D eigenvalue weighted by Crippen LogP contribution is 2.42. The Morgan fingerprint density at radius 3 is 2.40 bits per heavy atom. The van der Waals surface area contributed by atoms with Crippen LogP contribution in [0.25, 0.3) is 0 Å². The second-order valence-electron chi connectivity index (χ2n) is 9.51. The molecule has 0 bridgehead atoms. The van der Waals surface area contributed by atoms with Crippen molar-refractivity contribution in [2.45, 2.75) is 50.3 Å². The SMILES string of the molecule is COc1ccc2c(c1OS(=O)c1ccccc1)CC(C)CCc1cc3c(cc1C(C)C2)OCCO3. The molecule has 5 rings (SSSR count). The van der Waals surface area contributed by atoms with Crippen LogP contribution in [0.15, 0.2) is 59.5 Å². The van der Waals surface area contributed by atoms with Crippen LogP contribution in [0.5, 0.6) is 23.0 Å². The number of methoxy groups -OCH3 is 1. The van der Waals surface area contributed by atoms with Crippen LogP contribution in [0, 0.1) is 5.92 Å². The molecule has 3 aromatic rings. The Morgan fingerprint density at radius 1 is 0.914 bits per heavy atom. The fourth-order valence-corrected chi connectivity index (χ4v) is 5.89. The summed E-state index contributed by atoms with van der Waals surface area (Å²) in [4.78, 5) is 0.634. The first-order valence-electron chi connectivity index (χ1n) is 12.3. The molecule has 3 atom stereocenters. The first kappa shape index (κ1) is 23.7. The van der Waals surface area contributed by atoms with Gasteiger partial charge in [0.05, 0.1) is 12.0 Å². The number of hydrogen-bond acceptors (Lipinski definition) is 5. The third-order valence-electron chi connectivity index (χ3n) is 6.96. The highest BCUT2D eigenvalue weighted by atomic mass is 32.2. The van der Waals surface area contributed by atoms with E-state index in [1.54, 1.807) is 7.11 Å². The molecule has 3 aromatic carbocycles. The standard InChI is InChI=1S/C29H32O5S/c1-19-9-10-22-17-27-28(33-14-13-32-27)18-24(22)20(2)16-21-11-12-26(31-3)29(25(21)15-19)34-35(30)23-7-5-4-6-8-23/h4-8,11-12,17-20H,9-10,13-16H2,1-3H3. The minimum absolute atomic E-state index is 0.272. The third-order valence-corrected chi connectivity index (χ3v) is 7.93. The molecular weight excluding hydrogens is 460 g/mol. The van der Waals surface area contributed by atoms with E-state index in [0.29, 0.717) is 35.5 Å². The van der Waals surface area contributed by atoms with Gasteiger partial charge >= 0.3 is 0 Å². The van der Waals surface area contributed by atoms with Gasteiger partial charge in [-0.05, 0) is 84.5 Å². The summed E-state index contributed by atoms with van der Waals surface area (Å²) in [5.41, 5.74) is 4.94. The Balaban J connectivity index is 1.54. The van der Waals surface area contributed by atoms with Crippen LogP contribution < -0.4 is 18.4 Å². The molecule has 0 aromatic heterocycles. The molecule has 0 fully saturated rings. The molecule has 184 valence electrons. The topological polar surface area (TPSA) is 54.0 Å². The maximum atomic E-state index is 13.1. The molecule has 2 aliphatic rings. The zero-order chi connectivity index (χ0) is 24.4. The Labute approximate surface area is 210 Å². The molecule has 0 N–H and O–H groups in total. The summed E-state index contributed by atoms with van der Waals surface area (Å²) in [5.74, 6) is 3.58. The lowest BCUT2D eigenvalue weighted by Crippen LogP contribution is -2.18. The predicted molar refractivity (Wildman–Crippen MR) is 137 cm³/mol. The third kappa shape index (κ3) is 5.03. The molecule has 5 nitrogen and oxygen atoms in total. The summed E-state index contributed by atoms with van der Waals surface area (Å²) in [5, 5.41) is 0. The lowest BCUT2D eigenvalue weighted by Gasteiger charge is -2.27. The minimum Gasteiger partial charge on any atom is -0.493 e. The van der Waals surface area contributed by atoms with Gasteiger partial charge in [-0.1, -0.05) is 38.1 Å². The average Bonchev–Trinajstić information content (AvgIpc) is 2.88. The molecular formula is C29H32O5S. The first-order chi connectivity index (χ1) is 17.0. The molecule has 0 saturated carbocycles. The highest BCUT2D eigenvalue weighted by molar-refractivity contribution is 7.80. The Morgan fingerprint density at radius 2 is 1.66 bits per heavy atom. The molecule has 3 unspecified atom stereocenters. The van der Waals surface area contributed by atoms with Gasteiger partial charge < -0.3 is 18.4 Å². The zero-order valence-corrected chi connectivity index (χ0v) is 21.4. The molecule has 1 aliphatic heterocycles. The van der Waals surface area contributed by atoms with Gasteiger partial charge in [0.25, 0.3) is 0 Å². The number of aryl methyl sites for hydroxylation is 1. The van der Waals surface area contributed by atoms with Crippen LogP contribution in [-0.2, 0) is 30.3 Å². The van der Waals surface area contributed by atoms with E-state index in [1.165, 1.54) is 16.7 Å². The highest BCUT2D eigenvalue weighted by Gasteiger charge is 2.26. The van der Waals surface area contributed by atoms with Gasteiger partial charge in [-0.2, -0.15) is 0 Å². The van der Waals surface area contributed by atoms with Crippen LogP contribution in [-0.4, -0.2) is 24.5 Å². The van der Waals surface area contributed by atoms with Gasteiger partial charge in [-0.25, -0.2) is 4.21 Å². The summed E-state index contributed by atoms with van der Waals surface area (Å²) in [6.07, 6.45) is 3.67. The first-order valence-corrected chi connectivity index (χ1v) is 13.4. The van der Waals surface area contributed by atoms with Gasteiger partial charge in [-0.3, -0.25) is 0 Å². The van der Waals surface area contributed by atoms with Crippen molar-refractivity contribution >= 4 is 11.1 Å². The summed E-state index contributed by atoms with van der Waals surface area (Å²) < 4.78 is 36.7. The number of benzene rings is 3. The number of ether oxygens (including phenoxy) is 3. The van der Waals surface area contributed by atoms with Gasteiger partial charge in [0.15, 0.2) is 23.0 Å². The van der Waals surface area contributed by atoms with E-state index >= 15 is 0 Å². The van der Waals surface area contributed by atoms with E-state index in [0.717, 1.165) is 42.7 Å². The van der Waals surface area contributed by atoms with Crippen molar-refractivity contribution in [1.82, 2.24) is 0 Å². The molecule has 0 saturated heterocycles. The number of rotatable bonds is 4. The number of fused-ring (bicyclic) bond motifs is 3. The van der Waals surface area contributed by atoms with E-state index in [4.69, 9.17) is 18.4 Å². The second-order valence-corrected chi connectivity index (χ2v) is 10.6. The molecule has 0 radical (unpaired) electrons. The second kappa shape index (κ2) is 10.3. The molecule has 1 heterocycles. The quantitative estimate of drug-likeness (QED) is 0.445.